The minimum absolute atomic E-state index is 0.00765. The van der Waals surface area contributed by atoms with Gasteiger partial charge in [-0.05, 0) is 41.5 Å². The van der Waals surface area contributed by atoms with E-state index in [1.54, 1.807) is 0 Å². The Morgan fingerprint density at radius 1 is 0.615 bits per heavy atom. The van der Waals surface area contributed by atoms with Gasteiger partial charge in [0.05, 0.1) is 50.8 Å². The van der Waals surface area contributed by atoms with Crippen molar-refractivity contribution in [1.82, 2.24) is 9.80 Å². The van der Waals surface area contributed by atoms with Crippen LogP contribution >= 0.6 is 0 Å². The molecule has 2 saturated heterocycles. The number of rotatable bonds is 6. The molecular weight excluding hydrogens is 332 g/mol. The summed E-state index contributed by atoms with van der Waals surface area (Å²) in [6.07, 6.45) is 0. The molecule has 6 nitrogen and oxygen atoms in total. The van der Waals surface area contributed by atoms with Gasteiger partial charge in [-0.25, -0.2) is 0 Å². The van der Waals surface area contributed by atoms with Gasteiger partial charge < -0.3 is 18.9 Å². The first-order chi connectivity index (χ1) is 12.2. The molecule has 0 aromatic rings. The fraction of sp³-hybridized carbons (Fsp3) is 1.00. The molecule has 0 bridgehead atoms. The fourth-order valence-electron chi connectivity index (χ4n) is 2.61. The van der Waals surface area contributed by atoms with E-state index >= 15 is 0 Å². The van der Waals surface area contributed by atoms with E-state index in [1.165, 1.54) is 0 Å². The number of nitrogens with zero attached hydrogens (tertiary/aromatic N) is 2. The van der Waals surface area contributed by atoms with Crippen LogP contribution in [0.25, 0.3) is 0 Å². The molecule has 0 spiro atoms. The van der Waals surface area contributed by atoms with Crippen LogP contribution in [-0.2, 0) is 18.9 Å². The van der Waals surface area contributed by atoms with Gasteiger partial charge in [-0.1, -0.05) is 0 Å². The maximum atomic E-state index is 5.65. The summed E-state index contributed by atoms with van der Waals surface area (Å²) < 4.78 is 21.8. The molecule has 2 rings (SSSR count). The summed E-state index contributed by atoms with van der Waals surface area (Å²) in [5.41, 5.74) is -0.0153. The summed E-state index contributed by atoms with van der Waals surface area (Å²) in [4.78, 5) is 4.77. The Hall–Kier alpha value is -0.240. The van der Waals surface area contributed by atoms with Crippen molar-refractivity contribution < 1.29 is 18.9 Å². The molecule has 0 amide bonds. The Bertz CT molecular complexity index is 307. The van der Waals surface area contributed by atoms with Crippen LogP contribution in [0, 0.1) is 0 Å². The quantitative estimate of drug-likeness (QED) is 0.711. The zero-order valence-corrected chi connectivity index (χ0v) is 18.0. The van der Waals surface area contributed by atoms with Gasteiger partial charge in [0.2, 0.25) is 0 Å². The molecule has 2 aliphatic rings. The average molecular weight is 375 g/mol. The van der Waals surface area contributed by atoms with E-state index in [4.69, 9.17) is 18.9 Å². The van der Waals surface area contributed by atoms with Gasteiger partial charge in [0.15, 0.2) is 0 Å². The van der Waals surface area contributed by atoms with E-state index in [9.17, 15) is 0 Å². The molecule has 156 valence electrons. The van der Waals surface area contributed by atoms with Crippen molar-refractivity contribution in [2.75, 3.05) is 78.9 Å². The number of morpholine rings is 2. The van der Waals surface area contributed by atoms with Crippen LogP contribution < -0.4 is 0 Å². The normalized spacial score (nSPS) is 20.5. The standard InChI is InChI=1S/2C10H21NO2/c2*1-10(2,3)13-9-6-11-4-7-12-8-5-11/h2*4-9H2,1-3H3. The van der Waals surface area contributed by atoms with E-state index in [0.29, 0.717) is 0 Å². The largest absolute Gasteiger partial charge is 0.379 e. The highest BCUT2D eigenvalue weighted by Gasteiger charge is 2.14. The first-order valence-electron chi connectivity index (χ1n) is 10.0. The van der Waals surface area contributed by atoms with Crippen LogP contribution in [0.15, 0.2) is 0 Å². The van der Waals surface area contributed by atoms with E-state index in [-0.39, 0.29) is 11.2 Å². The molecule has 0 aliphatic carbocycles. The molecule has 0 saturated carbocycles. The van der Waals surface area contributed by atoms with Crippen LogP contribution in [0.3, 0.4) is 0 Å². The van der Waals surface area contributed by atoms with Crippen LogP contribution in [0.4, 0.5) is 0 Å². The van der Waals surface area contributed by atoms with E-state index in [2.05, 4.69) is 51.3 Å². The lowest BCUT2D eigenvalue weighted by Gasteiger charge is -2.28. The lowest BCUT2D eigenvalue weighted by Crippen LogP contribution is -2.39. The number of hydrogen-bond acceptors (Lipinski definition) is 6. The molecule has 0 radical (unpaired) electrons. The zero-order valence-electron chi connectivity index (χ0n) is 18.0. The molecule has 0 aromatic heterocycles. The lowest BCUT2D eigenvalue weighted by atomic mass is 10.2. The summed E-state index contributed by atoms with van der Waals surface area (Å²) in [6.45, 7) is 23.9. The second-order valence-corrected chi connectivity index (χ2v) is 8.83. The van der Waals surface area contributed by atoms with Crippen LogP contribution in [-0.4, -0.2) is 99.9 Å². The molecular formula is C20H42N2O4. The minimum atomic E-state index is -0.00765. The Kier molecular flexibility index (Phi) is 11.2. The van der Waals surface area contributed by atoms with E-state index < -0.39 is 0 Å². The summed E-state index contributed by atoms with van der Waals surface area (Å²) in [7, 11) is 0. The smallest absolute Gasteiger partial charge is 0.0600 e. The van der Waals surface area contributed by atoms with Crippen molar-refractivity contribution in [3.63, 3.8) is 0 Å². The third kappa shape index (κ3) is 13.9. The molecule has 2 fully saturated rings. The molecule has 6 heteroatoms. The maximum absolute atomic E-state index is 5.65. The second-order valence-electron chi connectivity index (χ2n) is 8.83. The van der Waals surface area contributed by atoms with Crippen molar-refractivity contribution in [3.05, 3.63) is 0 Å². The third-order valence-electron chi connectivity index (χ3n) is 4.09. The van der Waals surface area contributed by atoms with Crippen molar-refractivity contribution >= 4 is 0 Å². The first kappa shape index (κ1) is 23.8. The van der Waals surface area contributed by atoms with Gasteiger partial charge in [0.1, 0.15) is 0 Å². The third-order valence-corrected chi connectivity index (χ3v) is 4.09. The monoisotopic (exact) mass is 374 g/mol. The molecule has 0 unspecified atom stereocenters. The van der Waals surface area contributed by atoms with Gasteiger partial charge in [0.25, 0.3) is 0 Å². The second kappa shape index (κ2) is 12.3. The van der Waals surface area contributed by atoms with Crippen molar-refractivity contribution in [2.24, 2.45) is 0 Å². The maximum Gasteiger partial charge on any atom is 0.0600 e. The highest BCUT2D eigenvalue weighted by atomic mass is 16.5. The lowest BCUT2D eigenvalue weighted by molar-refractivity contribution is -0.0287. The van der Waals surface area contributed by atoms with E-state index in [0.717, 1.165) is 78.9 Å². The van der Waals surface area contributed by atoms with Crippen LogP contribution in [0.5, 0.6) is 0 Å². The Morgan fingerprint density at radius 3 is 1.19 bits per heavy atom. The van der Waals surface area contributed by atoms with Gasteiger partial charge in [0, 0.05) is 39.3 Å². The molecule has 0 aromatic carbocycles. The van der Waals surface area contributed by atoms with Crippen LogP contribution in [0.1, 0.15) is 41.5 Å². The summed E-state index contributed by atoms with van der Waals surface area (Å²) in [6, 6.07) is 0. The van der Waals surface area contributed by atoms with Crippen LogP contribution in [0.2, 0.25) is 0 Å². The van der Waals surface area contributed by atoms with Crippen molar-refractivity contribution in [2.45, 2.75) is 52.7 Å². The van der Waals surface area contributed by atoms with E-state index in [1.807, 2.05) is 0 Å². The Morgan fingerprint density at radius 2 is 0.923 bits per heavy atom. The summed E-state index contributed by atoms with van der Waals surface area (Å²) in [5.74, 6) is 0. The zero-order chi connectivity index (χ0) is 19.5. The van der Waals surface area contributed by atoms with Crippen molar-refractivity contribution in [1.29, 1.82) is 0 Å². The highest BCUT2D eigenvalue weighted by Crippen LogP contribution is 2.07. The molecule has 0 N–H and O–H groups in total. The SMILES string of the molecule is CC(C)(C)OCCN1CCOCC1.CC(C)(C)OCCN1CCOCC1. The van der Waals surface area contributed by atoms with Gasteiger partial charge in [-0.2, -0.15) is 0 Å². The fourth-order valence-corrected chi connectivity index (χ4v) is 2.61. The van der Waals surface area contributed by atoms with Gasteiger partial charge >= 0.3 is 0 Å². The molecule has 26 heavy (non-hydrogen) atoms. The topological polar surface area (TPSA) is 43.4 Å². The molecule has 2 aliphatic heterocycles. The Balaban J connectivity index is 0.000000260. The van der Waals surface area contributed by atoms with Gasteiger partial charge in [-0.3, -0.25) is 9.80 Å². The molecule has 0 atom stereocenters. The van der Waals surface area contributed by atoms with Crippen molar-refractivity contribution in [3.8, 4) is 0 Å². The predicted molar refractivity (Wildman–Crippen MR) is 106 cm³/mol. The number of ether oxygens (including phenoxy) is 4. The first-order valence-corrected chi connectivity index (χ1v) is 10.0. The average Bonchev–Trinajstić information content (AvgIpc) is 2.55. The highest BCUT2D eigenvalue weighted by molar-refractivity contribution is 4.64. The van der Waals surface area contributed by atoms with Gasteiger partial charge in [-0.15, -0.1) is 0 Å². The summed E-state index contributed by atoms with van der Waals surface area (Å²) >= 11 is 0. The molecule has 2 heterocycles. The predicted octanol–water partition coefficient (Wildman–Crippen LogP) is 2.27. The minimum Gasteiger partial charge on any atom is -0.379 e. The summed E-state index contributed by atoms with van der Waals surface area (Å²) in [5, 5.41) is 0. The number of hydrogen-bond donors (Lipinski definition) is 0. The Labute approximate surface area is 161 Å².